The molecule has 1 aromatic carbocycles. The highest BCUT2D eigenvalue weighted by Crippen LogP contribution is 2.24. The summed E-state index contributed by atoms with van der Waals surface area (Å²) in [7, 11) is 0. The summed E-state index contributed by atoms with van der Waals surface area (Å²) in [5.41, 5.74) is 0.747. The largest absolute Gasteiger partial charge is 0.356 e. The Balaban J connectivity index is 1.45. The normalized spacial score (nSPS) is 16.9. The second-order valence-electron chi connectivity index (χ2n) is 6.36. The summed E-state index contributed by atoms with van der Waals surface area (Å²) < 4.78 is 1.58. The minimum atomic E-state index is -0.112. The maximum atomic E-state index is 12.7. The molecule has 27 heavy (non-hydrogen) atoms. The quantitative estimate of drug-likeness (QED) is 0.744. The lowest BCUT2D eigenvalue weighted by molar-refractivity contribution is -0.120. The van der Waals surface area contributed by atoms with E-state index in [0.29, 0.717) is 17.4 Å². The van der Waals surface area contributed by atoms with Crippen LogP contribution < -0.4 is 10.2 Å². The summed E-state index contributed by atoms with van der Waals surface area (Å²) in [5.74, 6) is 1.32. The van der Waals surface area contributed by atoms with Crippen molar-refractivity contribution in [2.75, 3.05) is 23.3 Å². The van der Waals surface area contributed by atoms with Crippen molar-refractivity contribution < 1.29 is 4.79 Å². The zero-order chi connectivity index (χ0) is 18.6. The maximum Gasteiger partial charge on any atom is 0.229 e. The highest BCUT2D eigenvalue weighted by atomic mass is 35.5. The minimum absolute atomic E-state index is 0.00702. The summed E-state index contributed by atoms with van der Waals surface area (Å²) in [6, 6.07) is 8.98. The lowest BCUT2D eigenvalue weighted by Gasteiger charge is -2.32. The first-order valence-electron chi connectivity index (χ1n) is 8.67. The number of anilines is 2. The second kappa shape index (κ2) is 7.71. The molecule has 1 aliphatic heterocycles. The van der Waals surface area contributed by atoms with Gasteiger partial charge in [-0.05, 0) is 37.1 Å². The summed E-state index contributed by atoms with van der Waals surface area (Å²) in [6.07, 6.45) is 6.31. The Morgan fingerprint density at radius 3 is 2.74 bits per heavy atom. The number of halogens is 1. The Morgan fingerprint density at radius 1 is 1.15 bits per heavy atom. The molecule has 0 radical (unpaired) electrons. The van der Waals surface area contributed by atoms with Gasteiger partial charge in [-0.15, -0.1) is 0 Å². The van der Waals surface area contributed by atoms with Gasteiger partial charge in [-0.25, -0.2) is 19.6 Å². The molecule has 0 aliphatic carbocycles. The van der Waals surface area contributed by atoms with Gasteiger partial charge in [0.2, 0.25) is 5.91 Å². The lowest BCUT2D eigenvalue weighted by atomic mass is 9.97. The fourth-order valence-electron chi connectivity index (χ4n) is 3.14. The molecule has 1 N–H and O–H groups in total. The number of benzene rings is 1. The van der Waals surface area contributed by atoms with Crippen LogP contribution in [0.2, 0.25) is 5.02 Å². The SMILES string of the molecule is O=C(Nc1ccc(Cl)cc1)C1CCCN(c2cc(-n3cncn3)ncn2)C1. The fraction of sp³-hybridized carbons (Fsp3) is 0.278. The van der Waals surface area contributed by atoms with Gasteiger partial charge in [0.15, 0.2) is 5.82 Å². The zero-order valence-corrected chi connectivity index (χ0v) is 15.3. The monoisotopic (exact) mass is 383 g/mol. The van der Waals surface area contributed by atoms with Crippen molar-refractivity contribution in [2.24, 2.45) is 5.92 Å². The number of nitrogens with one attached hydrogen (secondary N) is 1. The molecular formula is C18H18ClN7O. The number of nitrogens with zero attached hydrogens (tertiary/aromatic N) is 6. The van der Waals surface area contributed by atoms with Crippen LogP contribution in [-0.4, -0.2) is 43.7 Å². The Labute approximate surface area is 161 Å². The molecule has 1 atom stereocenters. The average Bonchev–Trinajstić information content (AvgIpc) is 3.25. The van der Waals surface area contributed by atoms with Gasteiger partial charge in [0.1, 0.15) is 24.8 Å². The Bertz CT molecular complexity index is 914. The van der Waals surface area contributed by atoms with E-state index in [-0.39, 0.29) is 11.8 Å². The number of amides is 1. The fourth-order valence-corrected chi connectivity index (χ4v) is 3.26. The van der Waals surface area contributed by atoms with E-state index in [1.165, 1.54) is 12.7 Å². The first-order valence-corrected chi connectivity index (χ1v) is 9.05. The van der Waals surface area contributed by atoms with E-state index >= 15 is 0 Å². The van der Waals surface area contributed by atoms with Crippen LogP contribution in [0.4, 0.5) is 11.5 Å². The molecule has 3 heterocycles. The van der Waals surface area contributed by atoms with E-state index in [4.69, 9.17) is 11.6 Å². The average molecular weight is 384 g/mol. The second-order valence-corrected chi connectivity index (χ2v) is 6.79. The van der Waals surface area contributed by atoms with Crippen molar-refractivity contribution in [3.63, 3.8) is 0 Å². The predicted octanol–water partition coefficient (Wildman–Crippen LogP) is 2.57. The highest BCUT2D eigenvalue weighted by Gasteiger charge is 2.27. The maximum absolute atomic E-state index is 12.7. The van der Waals surface area contributed by atoms with Crippen molar-refractivity contribution >= 4 is 29.0 Å². The van der Waals surface area contributed by atoms with Crippen LogP contribution in [0.1, 0.15) is 12.8 Å². The summed E-state index contributed by atoms with van der Waals surface area (Å²) in [6.45, 7) is 1.45. The van der Waals surface area contributed by atoms with Crippen molar-refractivity contribution in [2.45, 2.75) is 12.8 Å². The summed E-state index contributed by atoms with van der Waals surface area (Å²) >= 11 is 5.89. The molecular weight excluding hydrogens is 366 g/mol. The van der Waals surface area contributed by atoms with Crippen LogP contribution in [0, 0.1) is 5.92 Å². The molecule has 2 aromatic heterocycles. The highest BCUT2D eigenvalue weighted by molar-refractivity contribution is 6.30. The van der Waals surface area contributed by atoms with Gasteiger partial charge in [0.25, 0.3) is 0 Å². The van der Waals surface area contributed by atoms with E-state index in [0.717, 1.165) is 30.9 Å². The van der Waals surface area contributed by atoms with Crippen LogP contribution in [0.3, 0.4) is 0 Å². The van der Waals surface area contributed by atoms with Crippen LogP contribution in [0.15, 0.2) is 49.3 Å². The number of hydrogen-bond acceptors (Lipinski definition) is 6. The Hall–Kier alpha value is -3.00. The van der Waals surface area contributed by atoms with E-state index < -0.39 is 0 Å². The van der Waals surface area contributed by atoms with Gasteiger partial charge in [-0.3, -0.25) is 4.79 Å². The number of rotatable bonds is 4. The summed E-state index contributed by atoms with van der Waals surface area (Å²) in [5, 5.41) is 7.70. The molecule has 1 saturated heterocycles. The first-order chi connectivity index (χ1) is 13.2. The third-order valence-corrected chi connectivity index (χ3v) is 4.77. The lowest BCUT2D eigenvalue weighted by Crippen LogP contribution is -2.41. The van der Waals surface area contributed by atoms with Gasteiger partial charge in [-0.2, -0.15) is 5.10 Å². The topological polar surface area (TPSA) is 88.8 Å². The van der Waals surface area contributed by atoms with Gasteiger partial charge < -0.3 is 10.2 Å². The van der Waals surface area contributed by atoms with Crippen molar-refractivity contribution in [1.82, 2.24) is 24.7 Å². The zero-order valence-electron chi connectivity index (χ0n) is 14.5. The number of hydrogen-bond donors (Lipinski definition) is 1. The molecule has 138 valence electrons. The van der Waals surface area contributed by atoms with E-state index in [9.17, 15) is 4.79 Å². The molecule has 0 bridgehead atoms. The molecule has 0 saturated carbocycles. The molecule has 1 unspecified atom stereocenters. The molecule has 3 aromatic rings. The van der Waals surface area contributed by atoms with E-state index in [1.807, 2.05) is 6.07 Å². The van der Waals surface area contributed by atoms with Gasteiger partial charge >= 0.3 is 0 Å². The number of carbonyl (C=O) groups excluding carboxylic acids is 1. The molecule has 1 aliphatic rings. The number of piperidine rings is 1. The van der Waals surface area contributed by atoms with Gasteiger partial charge in [-0.1, -0.05) is 11.6 Å². The molecule has 0 spiro atoms. The molecule has 1 fully saturated rings. The minimum Gasteiger partial charge on any atom is -0.356 e. The molecule has 4 rings (SSSR count). The van der Waals surface area contributed by atoms with Crippen molar-refractivity contribution in [1.29, 1.82) is 0 Å². The number of aromatic nitrogens is 5. The van der Waals surface area contributed by atoms with Crippen molar-refractivity contribution in [3.05, 3.63) is 54.3 Å². The van der Waals surface area contributed by atoms with Crippen LogP contribution >= 0.6 is 11.6 Å². The third-order valence-electron chi connectivity index (χ3n) is 4.52. The van der Waals surface area contributed by atoms with Crippen LogP contribution in [0.5, 0.6) is 0 Å². The third kappa shape index (κ3) is 4.06. The molecule has 9 heteroatoms. The van der Waals surface area contributed by atoms with Crippen molar-refractivity contribution in [3.8, 4) is 5.82 Å². The standard InChI is InChI=1S/C18H18ClN7O/c19-14-3-5-15(6-4-14)24-18(27)13-2-1-7-25(9-13)16-8-17(22-11-21-16)26-12-20-10-23-26/h3-6,8,10-13H,1-2,7,9H2,(H,24,27). The van der Waals surface area contributed by atoms with Crippen LogP contribution in [0.25, 0.3) is 5.82 Å². The van der Waals surface area contributed by atoms with Crippen LogP contribution in [-0.2, 0) is 4.79 Å². The Morgan fingerprint density at radius 2 is 1.96 bits per heavy atom. The van der Waals surface area contributed by atoms with Gasteiger partial charge in [0.05, 0.1) is 5.92 Å². The smallest absolute Gasteiger partial charge is 0.229 e. The first kappa shape index (κ1) is 17.4. The Kier molecular flexibility index (Phi) is 4.97. The predicted molar refractivity (Wildman–Crippen MR) is 102 cm³/mol. The molecule has 8 nitrogen and oxygen atoms in total. The summed E-state index contributed by atoms with van der Waals surface area (Å²) in [4.78, 5) is 27.3. The van der Waals surface area contributed by atoms with E-state index in [1.54, 1.807) is 35.3 Å². The molecule has 1 amide bonds. The van der Waals surface area contributed by atoms with E-state index in [2.05, 4.69) is 30.3 Å². The van der Waals surface area contributed by atoms with Gasteiger partial charge in [0, 0.05) is 29.9 Å². The number of carbonyl (C=O) groups is 1.